The quantitative estimate of drug-likeness (QED) is 0.595. The highest BCUT2D eigenvalue weighted by Crippen LogP contribution is 2.23. The molecule has 0 aliphatic rings. The smallest absolute Gasteiger partial charge is 0.144 e. The first-order valence-corrected chi connectivity index (χ1v) is 7.09. The fourth-order valence-corrected chi connectivity index (χ4v) is 2.48. The second-order valence-corrected chi connectivity index (χ2v) is 6.26. The topological polar surface area (TPSA) is 12.0 Å². The van der Waals surface area contributed by atoms with Crippen LogP contribution in [0.3, 0.4) is 0 Å². The van der Waals surface area contributed by atoms with Gasteiger partial charge >= 0.3 is 0 Å². The molecular formula is C13H17BrClF2N. The molecule has 1 nitrogen and oxygen atoms in total. The molecule has 0 heterocycles. The predicted octanol–water partition coefficient (Wildman–Crippen LogP) is 4.47. The van der Waals surface area contributed by atoms with Crippen LogP contribution in [0.2, 0.25) is 0 Å². The second kappa shape index (κ2) is 6.83. The van der Waals surface area contributed by atoms with E-state index in [1.165, 1.54) is 12.1 Å². The third-order valence-corrected chi connectivity index (χ3v) is 3.62. The number of nitrogens with one attached hydrogen (secondary N) is 1. The van der Waals surface area contributed by atoms with Crippen LogP contribution in [0.4, 0.5) is 8.78 Å². The van der Waals surface area contributed by atoms with Crippen molar-refractivity contribution in [1.29, 1.82) is 0 Å². The number of rotatable bonds is 6. The van der Waals surface area contributed by atoms with E-state index in [1.807, 2.05) is 0 Å². The van der Waals surface area contributed by atoms with Crippen LogP contribution in [0.1, 0.15) is 25.8 Å². The van der Waals surface area contributed by atoms with Gasteiger partial charge in [0.2, 0.25) is 0 Å². The Morgan fingerprint density at radius 2 is 2.00 bits per heavy atom. The monoisotopic (exact) mass is 339 g/mol. The summed E-state index contributed by atoms with van der Waals surface area (Å²) in [6, 6.07) is 2.62. The van der Waals surface area contributed by atoms with Crippen molar-refractivity contribution in [3.8, 4) is 0 Å². The molecule has 0 aromatic heterocycles. The normalized spacial score (nSPS) is 11.9. The minimum absolute atomic E-state index is 0.0146. The van der Waals surface area contributed by atoms with Crippen molar-refractivity contribution < 1.29 is 8.78 Å². The molecule has 5 heteroatoms. The Labute approximate surface area is 120 Å². The summed E-state index contributed by atoms with van der Waals surface area (Å²) in [5.41, 5.74) is 0.0758. The highest BCUT2D eigenvalue weighted by atomic mass is 79.9. The average molecular weight is 341 g/mol. The predicted molar refractivity (Wildman–Crippen MR) is 74.9 cm³/mol. The third-order valence-electron chi connectivity index (χ3n) is 2.82. The molecule has 0 aliphatic carbocycles. The Morgan fingerprint density at radius 1 is 1.33 bits per heavy atom. The van der Waals surface area contributed by atoms with Gasteiger partial charge in [-0.15, -0.1) is 11.6 Å². The zero-order valence-corrected chi connectivity index (χ0v) is 12.8. The molecule has 0 saturated heterocycles. The highest BCUT2D eigenvalue weighted by Gasteiger charge is 2.18. The summed E-state index contributed by atoms with van der Waals surface area (Å²) >= 11 is 8.75. The Hall–Kier alpha value is -0.190. The van der Waals surface area contributed by atoms with E-state index < -0.39 is 11.6 Å². The molecule has 0 spiro atoms. The zero-order chi connectivity index (χ0) is 13.8. The molecule has 0 unspecified atom stereocenters. The van der Waals surface area contributed by atoms with Gasteiger partial charge in [0, 0.05) is 24.5 Å². The minimum atomic E-state index is -0.544. The summed E-state index contributed by atoms with van der Waals surface area (Å²) in [5.74, 6) is -0.495. The lowest BCUT2D eigenvalue weighted by molar-refractivity contribution is 0.327. The summed E-state index contributed by atoms with van der Waals surface area (Å²) in [6.45, 7) is 4.96. The molecule has 102 valence electrons. The van der Waals surface area contributed by atoms with Gasteiger partial charge in [-0.2, -0.15) is 0 Å². The number of halogens is 4. The van der Waals surface area contributed by atoms with E-state index in [0.717, 1.165) is 6.42 Å². The van der Waals surface area contributed by atoms with Crippen LogP contribution >= 0.6 is 27.5 Å². The summed E-state index contributed by atoms with van der Waals surface area (Å²) < 4.78 is 27.4. The standard InChI is InChI=1S/C13H17BrClF2N/c1-13(2,5-6-15)8-18-7-9-11(16)4-3-10(14)12(9)17/h3-4,18H,5-8H2,1-2H3. The van der Waals surface area contributed by atoms with Crippen LogP contribution in [0.25, 0.3) is 0 Å². The largest absolute Gasteiger partial charge is 0.312 e. The van der Waals surface area contributed by atoms with Crippen molar-refractivity contribution >= 4 is 27.5 Å². The first-order chi connectivity index (χ1) is 8.37. The van der Waals surface area contributed by atoms with Crippen molar-refractivity contribution in [2.24, 2.45) is 5.41 Å². The lowest BCUT2D eigenvalue weighted by Crippen LogP contribution is -2.30. The number of hydrogen-bond donors (Lipinski definition) is 1. The zero-order valence-electron chi connectivity index (χ0n) is 10.5. The molecule has 1 aromatic rings. The van der Waals surface area contributed by atoms with Crippen LogP contribution in [0.5, 0.6) is 0 Å². The van der Waals surface area contributed by atoms with E-state index in [9.17, 15) is 8.78 Å². The summed E-state index contributed by atoms with van der Waals surface area (Å²) in [4.78, 5) is 0. The number of hydrogen-bond acceptors (Lipinski definition) is 1. The van der Waals surface area contributed by atoms with Gasteiger partial charge in [-0.3, -0.25) is 0 Å². The molecule has 1 aromatic carbocycles. The summed E-state index contributed by atoms with van der Waals surface area (Å²) in [5, 5.41) is 3.08. The van der Waals surface area contributed by atoms with Gasteiger partial charge < -0.3 is 5.32 Å². The Morgan fingerprint density at radius 3 is 2.61 bits per heavy atom. The highest BCUT2D eigenvalue weighted by molar-refractivity contribution is 9.10. The summed E-state index contributed by atoms with van der Waals surface area (Å²) in [7, 11) is 0. The van der Waals surface area contributed by atoms with E-state index in [0.29, 0.717) is 12.4 Å². The maximum Gasteiger partial charge on any atom is 0.144 e. The van der Waals surface area contributed by atoms with Gasteiger partial charge in [0.05, 0.1) is 4.47 Å². The van der Waals surface area contributed by atoms with Gasteiger partial charge in [-0.25, -0.2) is 8.78 Å². The average Bonchev–Trinajstić information content (AvgIpc) is 2.28. The van der Waals surface area contributed by atoms with Crippen molar-refractivity contribution in [3.63, 3.8) is 0 Å². The second-order valence-electron chi connectivity index (χ2n) is 5.03. The molecule has 0 bridgehead atoms. The maximum absolute atomic E-state index is 13.7. The minimum Gasteiger partial charge on any atom is -0.312 e. The van der Waals surface area contributed by atoms with Gasteiger partial charge in [-0.1, -0.05) is 13.8 Å². The van der Waals surface area contributed by atoms with Crippen molar-refractivity contribution in [2.45, 2.75) is 26.8 Å². The first-order valence-electron chi connectivity index (χ1n) is 5.76. The lowest BCUT2D eigenvalue weighted by Gasteiger charge is -2.24. The van der Waals surface area contributed by atoms with Crippen LogP contribution < -0.4 is 5.32 Å². The van der Waals surface area contributed by atoms with Gasteiger partial charge in [0.1, 0.15) is 11.6 Å². The molecule has 0 amide bonds. The molecule has 1 rings (SSSR count). The van der Waals surface area contributed by atoms with Crippen LogP contribution in [0.15, 0.2) is 16.6 Å². The maximum atomic E-state index is 13.7. The fraction of sp³-hybridized carbons (Fsp3) is 0.538. The lowest BCUT2D eigenvalue weighted by atomic mass is 9.90. The Kier molecular flexibility index (Phi) is 6.02. The molecule has 18 heavy (non-hydrogen) atoms. The van der Waals surface area contributed by atoms with E-state index >= 15 is 0 Å². The van der Waals surface area contributed by atoms with Crippen molar-refractivity contribution in [3.05, 3.63) is 33.8 Å². The van der Waals surface area contributed by atoms with Crippen LogP contribution in [0, 0.1) is 17.0 Å². The molecule has 0 radical (unpaired) electrons. The number of alkyl halides is 1. The summed E-state index contributed by atoms with van der Waals surface area (Å²) in [6.07, 6.45) is 0.852. The van der Waals surface area contributed by atoms with Crippen LogP contribution in [-0.4, -0.2) is 12.4 Å². The van der Waals surface area contributed by atoms with E-state index in [2.05, 4.69) is 35.1 Å². The molecular weight excluding hydrogens is 324 g/mol. The molecule has 0 aliphatic heterocycles. The Balaban J connectivity index is 2.62. The van der Waals surface area contributed by atoms with Gasteiger partial charge in [0.25, 0.3) is 0 Å². The molecule has 1 N–H and O–H groups in total. The van der Waals surface area contributed by atoms with E-state index in [-0.39, 0.29) is 22.0 Å². The SMILES string of the molecule is CC(C)(CCCl)CNCc1c(F)ccc(Br)c1F. The number of benzene rings is 1. The van der Waals surface area contributed by atoms with Crippen molar-refractivity contribution in [2.75, 3.05) is 12.4 Å². The van der Waals surface area contributed by atoms with Gasteiger partial charge in [-0.05, 0) is 39.9 Å². The third kappa shape index (κ3) is 4.48. The molecule has 0 fully saturated rings. The Bertz CT molecular complexity index is 410. The molecule has 0 saturated carbocycles. The van der Waals surface area contributed by atoms with E-state index in [1.54, 1.807) is 0 Å². The fourth-order valence-electron chi connectivity index (χ4n) is 1.60. The molecule has 0 atom stereocenters. The van der Waals surface area contributed by atoms with Crippen molar-refractivity contribution in [1.82, 2.24) is 5.32 Å². The van der Waals surface area contributed by atoms with Crippen LogP contribution in [-0.2, 0) is 6.54 Å². The first kappa shape index (κ1) is 15.9. The van der Waals surface area contributed by atoms with Gasteiger partial charge in [0.15, 0.2) is 0 Å². The van der Waals surface area contributed by atoms with E-state index in [4.69, 9.17) is 11.6 Å².